The van der Waals surface area contributed by atoms with Gasteiger partial charge in [-0.25, -0.2) is 0 Å². The first-order valence-corrected chi connectivity index (χ1v) is 6.08. The molecular weight excluding hydrogens is 188 g/mol. The molecule has 0 heterocycles. The minimum absolute atomic E-state index is 0.253. The van der Waals surface area contributed by atoms with Crippen molar-refractivity contribution in [3.8, 4) is 0 Å². The second kappa shape index (κ2) is 5.50. The number of nitrogens with zero attached hydrogens (tertiary/aromatic N) is 1. The third-order valence-corrected chi connectivity index (χ3v) is 2.95. The van der Waals surface area contributed by atoms with Gasteiger partial charge in [0.1, 0.15) is 11.4 Å². The van der Waals surface area contributed by atoms with Crippen LogP contribution in [-0.4, -0.2) is 24.1 Å². The van der Waals surface area contributed by atoms with E-state index in [9.17, 15) is 0 Å². The molecule has 15 heavy (non-hydrogen) atoms. The van der Waals surface area contributed by atoms with Gasteiger partial charge in [0.15, 0.2) is 0 Å². The molecule has 2 N–H and O–H groups in total. The van der Waals surface area contributed by atoms with Gasteiger partial charge in [-0.1, -0.05) is 19.3 Å². The van der Waals surface area contributed by atoms with Gasteiger partial charge in [-0.15, -0.1) is 0 Å². The maximum Gasteiger partial charge on any atom is 0.127 e. The molecule has 0 saturated heterocycles. The number of rotatable bonds is 4. The quantitative estimate of drug-likeness (QED) is 0.575. The van der Waals surface area contributed by atoms with Crippen LogP contribution in [0.15, 0.2) is 4.99 Å². The Morgan fingerprint density at radius 3 is 2.40 bits per heavy atom. The molecule has 0 unspecified atom stereocenters. The smallest absolute Gasteiger partial charge is 0.127 e. The van der Waals surface area contributed by atoms with Gasteiger partial charge in [0.25, 0.3) is 0 Å². The summed E-state index contributed by atoms with van der Waals surface area (Å²) in [6, 6.07) is 0.254. The summed E-state index contributed by atoms with van der Waals surface area (Å²) in [5, 5.41) is 0. The van der Waals surface area contributed by atoms with E-state index in [2.05, 4.69) is 18.8 Å². The molecule has 0 aromatic heterocycles. The predicted molar refractivity (Wildman–Crippen MR) is 64.2 cm³/mol. The van der Waals surface area contributed by atoms with Crippen LogP contribution >= 0.6 is 0 Å². The summed E-state index contributed by atoms with van der Waals surface area (Å²) < 4.78 is 5.88. The van der Waals surface area contributed by atoms with Crippen molar-refractivity contribution in [3.05, 3.63) is 0 Å². The Morgan fingerprint density at radius 1 is 1.33 bits per heavy atom. The van der Waals surface area contributed by atoms with Crippen molar-refractivity contribution >= 4 is 5.84 Å². The van der Waals surface area contributed by atoms with Gasteiger partial charge in [-0.3, -0.25) is 4.99 Å². The molecule has 3 nitrogen and oxygen atoms in total. The van der Waals surface area contributed by atoms with Crippen LogP contribution in [0.25, 0.3) is 0 Å². The Hall–Kier alpha value is -0.570. The maximum atomic E-state index is 6.10. The molecule has 0 bridgehead atoms. The van der Waals surface area contributed by atoms with Crippen LogP contribution in [0.4, 0.5) is 0 Å². The van der Waals surface area contributed by atoms with Crippen LogP contribution in [0.5, 0.6) is 0 Å². The van der Waals surface area contributed by atoms with Gasteiger partial charge in [-0.2, -0.15) is 0 Å². The fourth-order valence-electron chi connectivity index (χ4n) is 2.27. The van der Waals surface area contributed by atoms with Crippen LogP contribution in [0.3, 0.4) is 0 Å². The van der Waals surface area contributed by atoms with Crippen LogP contribution in [-0.2, 0) is 4.74 Å². The highest BCUT2D eigenvalue weighted by Crippen LogP contribution is 2.32. The minimum atomic E-state index is -0.253. The monoisotopic (exact) mass is 212 g/mol. The van der Waals surface area contributed by atoms with Crippen molar-refractivity contribution in [1.82, 2.24) is 0 Å². The number of hydrogen-bond donors (Lipinski definition) is 1. The van der Waals surface area contributed by atoms with Gasteiger partial charge in [0, 0.05) is 12.6 Å². The van der Waals surface area contributed by atoms with Gasteiger partial charge < -0.3 is 10.5 Å². The molecule has 0 aromatic rings. The maximum absolute atomic E-state index is 6.10. The highest BCUT2D eigenvalue weighted by molar-refractivity contribution is 5.89. The second-order valence-corrected chi connectivity index (χ2v) is 4.60. The Balaban J connectivity index is 2.79. The largest absolute Gasteiger partial charge is 0.385 e. The molecule has 1 aliphatic rings. The summed E-state index contributed by atoms with van der Waals surface area (Å²) in [6.45, 7) is 6.85. The van der Waals surface area contributed by atoms with E-state index in [1.165, 1.54) is 19.3 Å². The number of ether oxygens (including phenoxy) is 1. The van der Waals surface area contributed by atoms with Gasteiger partial charge >= 0.3 is 0 Å². The normalized spacial score (nSPS) is 22.0. The van der Waals surface area contributed by atoms with Crippen molar-refractivity contribution in [2.24, 2.45) is 10.7 Å². The van der Waals surface area contributed by atoms with Crippen molar-refractivity contribution in [1.29, 1.82) is 0 Å². The molecule has 0 aromatic carbocycles. The van der Waals surface area contributed by atoms with Crippen molar-refractivity contribution < 1.29 is 4.74 Å². The lowest BCUT2D eigenvalue weighted by Gasteiger charge is -2.36. The van der Waals surface area contributed by atoms with Crippen molar-refractivity contribution in [2.75, 3.05) is 6.61 Å². The van der Waals surface area contributed by atoms with Crippen molar-refractivity contribution in [2.45, 2.75) is 64.5 Å². The van der Waals surface area contributed by atoms with Gasteiger partial charge in [0.05, 0.1) is 0 Å². The Kier molecular flexibility index (Phi) is 4.58. The van der Waals surface area contributed by atoms with E-state index in [4.69, 9.17) is 10.5 Å². The molecule has 1 fully saturated rings. The van der Waals surface area contributed by atoms with E-state index >= 15 is 0 Å². The molecule has 1 rings (SSSR count). The molecule has 1 aliphatic carbocycles. The van der Waals surface area contributed by atoms with Crippen LogP contribution in [0.2, 0.25) is 0 Å². The lowest BCUT2D eigenvalue weighted by Crippen LogP contribution is -2.48. The van der Waals surface area contributed by atoms with E-state index in [1.54, 1.807) is 0 Å². The molecule has 0 aliphatic heterocycles. The Morgan fingerprint density at radius 2 is 1.93 bits per heavy atom. The van der Waals surface area contributed by atoms with Crippen LogP contribution < -0.4 is 5.73 Å². The summed E-state index contributed by atoms with van der Waals surface area (Å²) in [7, 11) is 0. The zero-order valence-corrected chi connectivity index (χ0v) is 10.3. The first-order chi connectivity index (χ1) is 7.10. The van der Waals surface area contributed by atoms with E-state index in [1.807, 2.05) is 6.92 Å². The topological polar surface area (TPSA) is 47.6 Å². The zero-order valence-electron chi connectivity index (χ0n) is 10.3. The Bertz CT molecular complexity index is 212. The number of nitrogens with two attached hydrogens (primary N) is 1. The standard InChI is InChI=1S/C12H24N2O/c1-4-15-12(8-6-5-7-9-12)11(13)14-10(2)3/h10H,4-9H2,1-3H3,(H2,13,14). The van der Waals surface area contributed by atoms with E-state index in [0.717, 1.165) is 12.8 Å². The molecular formula is C12H24N2O. The number of hydrogen-bond acceptors (Lipinski definition) is 2. The highest BCUT2D eigenvalue weighted by atomic mass is 16.5. The third kappa shape index (κ3) is 3.20. The fourth-order valence-corrected chi connectivity index (χ4v) is 2.27. The lowest BCUT2D eigenvalue weighted by molar-refractivity contribution is -0.0121. The summed E-state index contributed by atoms with van der Waals surface area (Å²) in [6.07, 6.45) is 5.76. The minimum Gasteiger partial charge on any atom is -0.385 e. The second-order valence-electron chi connectivity index (χ2n) is 4.60. The van der Waals surface area contributed by atoms with Gasteiger partial charge in [0.2, 0.25) is 0 Å². The first-order valence-electron chi connectivity index (χ1n) is 6.08. The highest BCUT2D eigenvalue weighted by Gasteiger charge is 2.36. The summed E-state index contributed by atoms with van der Waals surface area (Å²) in [5.74, 6) is 0.707. The van der Waals surface area contributed by atoms with E-state index < -0.39 is 0 Å². The number of amidine groups is 1. The van der Waals surface area contributed by atoms with Crippen LogP contribution in [0, 0.1) is 0 Å². The van der Waals surface area contributed by atoms with E-state index in [0.29, 0.717) is 12.4 Å². The molecule has 0 amide bonds. The molecule has 0 radical (unpaired) electrons. The average Bonchev–Trinajstić information content (AvgIpc) is 2.18. The molecule has 0 spiro atoms. The van der Waals surface area contributed by atoms with Crippen LogP contribution in [0.1, 0.15) is 52.9 Å². The number of aliphatic imine (C=N–C) groups is 1. The summed E-state index contributed by atoms with van der Waals surface area (Å²) in [4.78, 5) is 4.46. The third-order valence-electron chi connectivity index (χ3n) is 2.95. The fraction of sp³-hybridized carbons (Fsp3) is 0.917. The molecule has 0 atom stereocenters. The SMILES string of the molecule is CCOC1(C(N)=NC(C)C)CCCCC1. The molecule has 1 saturated carbocycles. The summed E-state index contributed by atoms with van der Waals surface area (Å²) >= 11 is 0. The van der Waals surface area contributed by atoms with Gasteiger partial charge in [-0.05, 0) is 33.6 Å². The lowest BCUT2D eigenvalue weighted by atomic mass is 9.83. The van der Waals surface area contributed by atoms with E-state index in [-0.39, 0.29) is 11.6 Å². The Labute approximate surface area is 93.1 Å². The first kappa shape index (κ1) is 12.5. The zero-order chi connectivity index (χ0) is 11.3. The summed E-state index contributed by atoms with van der Waals surface area (Å²) in [5.41, 5.74) is 5.84. The molecule has 88 valence electrons. The average molecular weight is 212 g/mol. The molecule has 3 heteroatoms. The predicted octanol–water partition coefficient (Wildman–Crippen LogP) is 2.49. The van der Waals surface area contributed by atoms with Crippen molar-refractivity contribution in [3.63, 3.8) is 0 Å².